The van der Waals surface area contributed by atoms with E-state index in [-0.39, 0.29) is 11.3 Å². The molecule has 32 heavy (non-hydrogen) atoms. The first kappa shape index (κ1) is 19.8. The fraction of sp³-hybridized carbons (Fsp3) is 0.111. The Balaban J connectivity index is 1.76. The van der Waals surface area contributed by atoms with Gasteiger partial charge < -0.3 is 10.1 Å². The Kier molecular flexibility index (Phi) is 4.67. The van der Waals surface area contributed by atoms with Crippen molar-refractivity contribution in [1.29, 1.82) is 0 Å². The average molecular weight is 422 g/mol. The fourth-order valence-corrected chi connectivity index (χ4v) is 4.37. The van der Waals surface area contributed by atoms with Gasteiger partial charge in [0.1, 0.15) is 5.76 Å². The molecule has 0 aliphatic carbocycles. The van der Waals surface area contributed by atoms with E-state index in [0.717, 1.165) is 27.6 Å². The summed E-state index contributed by atoms with van der Waals surface area (Å²) in [5, 5.41) is 12.2. The number of aryl methyl sites for hydroxylation is 2. The molecule has 158 valence electrons. The number of hydrogen-bond acceptors (Lipinski definition) is 3. The van der Waals surface area contributed by atoms with Crippen LogP contribution in [0.4, 0.5) is 5.69 Å². The molecule has 2 heterocycles. The zero-order valence-corrected chi connectivity index (χ0v) is 17.8. The normalized spacial score (nSPS) is 17.9. The molecule has 3 aromatic carbocycles. The number of carbonyl (C=O) groups excluding carboxylic acids is 2. The Morgan fingerprint density at radius 3 is 2.41 bits per heavy atom. The lowest BCUT2D eigenvalue weighted by Crippen LogP contribution is -2.29. The lowest BCUT2D eigenvalue weighted by Gasteiger charge is -2.25. The van der Waals surface area contributed by atoms with E-state index in [1.165, 1.54) is 4.90 Å². The van der Waals surface area contributed by atoms with Gasteiger partial charge in [-0.25, -0.2) is 0 Å². The number of hydrogen-bond donors (Lipinski definition) is 2. The molecule has 1 saturated heterocycles. The quantitative estimate of drug-likeness (QED) is 0.263. The number of Topliss-reactive ketones (excluding diaryl/α,β-unsaturated/α-hetero) is 1. The Hall–Kier alpha value is -4.12. The minimum atomic E-state index is -0.730. The zero-order valence-electron chi connectivity index (χ0n) is 17.8. The van der Waals surface area contributed by atoms with Gasteiger partial charge >= 0.3 is 0 Å². The predicted molar refractivity (Wildman–Crippen MR) is 125 cm³/mol. The monoisotopic (exact) mass is 422 g/mol. The number of nitrogens with zero attached hydrogens (tertiary/aromatic N) is 1. The van der Waals surface area contributed by atoms with Crippen molar-refractivity contribution < 1.29 is 14.7 Å². The van der Waals surface area contributed by atoms with Crippen molar-refractivity contribution in [2.45, 2.75) is 19.9 Å². The number of para-hydroxylation sites is 1. The van der Waals surface area contributed by atoms with Crippen molar-refractivity contribution in [1.82, 2.24) is 4.98 Å². The largest absolute Gasteiger partial charge is 0.507 e. The second kappa shape index (κ2) is 7.54. The number of H-pyrrole nitrogens is 1. The van der Waals surface area contributed by atoms with Crippen LogP contribution in [0.25, 0.3) is 16.7 Å². The summed E-state index contributed by atoms with van der Waals surface area (Å²) >= 11 is 0. The molecular weight excluding hydrogens is 400 g/mol. The first-order valence-electron chi connectivity index (χ1n) is 10.5. The van der Waals surface area contributed by atoms with E-state index in [1.807, 2.05) is 86.6 Å². The minimum absolute atomic E-state index is 0.0888. The average Bonchev–Trinajstić information content (AvgIpc) is 3.33. The Labute approximate surface area is 185 Å². The Morgan fingerprint density at radius 2 is 1.66 bits per heavy atom. The van der Waals surface area contributed by atoms with Gasteiger partial charge in [0, 0.05) is 28.4 Å². The molecule has 0 saturated carbocycles. The van der Waals surface area contributed by atoms with Crippen molar-refractivity contribution in [2.24, 2.45) is 0 Å². The van der Waals surface area contributed by atoms with Crippen LogP contribution in [0.1, 0.15) is 28.3 Å². The number of aliphatic hydroxyl groups excluding tert-OH is 1. The lowest BCUT2D eigenvalue weighted by atomic mass is 9.94. The van der Waals surface area contributed by atoms with E-state index >= 15 is 0 Å². The summed E-state index contributed by atoms with van der Waals surface area (Å²) in [5.74, 6) is -1.52. The van der Waals surface area contributed by atoms with Crippen LogP contribution in [0.3, 0.4) is 0 Å². The van der Waals surface area contributed by atoms with Gasteiger partial charge in [0.25, 0.3) is 11.7 Å². The molecule has 1 fully saturated rings. The molecule has 1 aromatic heterocycles. The van der Waals surface area contributed by atoms with Gasteiger partial charge in [0.15, 0.2) is 0 Å². The number of carbonyl (C=O) groups is 2. The highest BCUT2D eigenvalue weighted by Crippen LogP contribution is 2.43. The van der Waals surface area contributed by atoms with E-state index in [0.29, 0.717) is 11.3 Å². The molecule has 5 rings (SSSR count). The summed E-state index contributed by atoms with van der Waals surface area (Å²) in [7, 11) is 0. The van der Waals surface area contributed by atoms with Crippen LogP contribution >= 0.6 is 0 Å². The first-order chi connectivity index (χ1) is 15.5. The molecule has 4 aromatic rings. The van der Waals surface area contributed by atoms with E-state index < -0.39 is 17.7 Å². The maximum Gasteiger partial charge on any atom is 0.300 e. The Bertz CT molecular complexity index is 1400. The molecule has 0 radical (unpaired) electrons. The number of nitrogens with one attached hydrogen (secondary N) is 1. The second-order valence-electron chi connectivity index (χ2n) is 8.17. The van der Waals surface area contributed by atoms with Crippen LogP contribution in [0.2, 0.25) is 0 Å². The van der Waals surface area contributed by atoms with E-state index in [9.17, 15) is 14.7 Å². The molecule has 1 aliphatic heterocycles. The van der Waals surface area contributed by atoms with Gasteiger partial charge in [0.05, 0.1) is 11.6 Å². The summed E-state index contributed by atoms with van der Waals surface area (Å²) in [5.41, 5.74) is 4.87. The summed E-state index contributed by atoms with van der Waals surface area (Å²) < 4.78 is 0. The number of rotatable bonds is 3. The van der Waals surface area contributed by atoms with E-state index in [1.54, 1.807) is 6.20 Å². The maximum atomic E-state index is 13.3. The Morgan fingerprint density at radius 1 is 0.906 bits per heavy atom. The zero-order chi connectivity index (χ0) is 22.4. The SMILES string of the molecule is Cc1ccc(N2C(=O)C(=O)/C(=C(\O)c3c[nH]c4ccccc34)C2c2cccc(C)c2)cc1. The van der Waals surface area contributed by atoms with Gasteiger partial charge in [0.2, 0.25) is 0 Å². The van der Waals surface area contributed by atoms with Crippen LogP contribution in [0, 0.1) is 13.8 Å². The minimum Gasteiger partial charge on any atom is -0.507 e. The summed E-state index contributed by atoms with van der Waals surface area (Å²) in [6.45, 7) is 3.92. The standard InChI is InChI=1S/C27H22N2O3/c1-16-10-12-19(13-11-16)29-24(18-7-5-6-17(2)14-18)23(26(31)27(29)32)25(30)21-15-28-22-9-4-3-8-20(21)22/h3-15,24,28,30H,1-2H3/b25-23-. The molecule has 0 bridgehead atoms. The second-order valence-corrected chi connectivity index (χ2v) is 8.17. The van der Waals surface area contributed by atoms with Crippen LogP contribution < -0.4 is 4.90 Å². The smallest absolute Gasteiger partial charge is 0.300 e. The van der Waals surface area contributed by atoms with Crippen molar-refractivity contribution in [3.63, 3.8) is 0 Å². The topological polar surface area (TPSA) is 73.4 Å². The highest BCUT2D eigenvalue weighted by Gasteiger charge is 2.47. The highest BCUT2D eigenvalue weighted by molar-refractivity contribution is 6.51. The van der Waals surface area contributed by atoms with E-state index in [4.69, 9.17) is 0 Å². The van der Waals surface area contributed by atoms with Gasteiger partial charge in [-0.3, -0.25) is 14.5 Å². The van der Waals surface area contributed by atoms with Gasteiger partial charge in [-0.1, -0.05) is 65.7 Å². The number of aromatic amines is 1. The van der Waals surface area contributed by atoms with Gasteiger partial charge in [-0.2, -0.15) is 0 Å². The van der Waals surface area contributed by atoms with Crippen LogP contribution in [0.15, 0.2) is 84.6 Å². The summed E-state index contributed by atoms with van der Waals surface area (Å²) in [6.07, 6.45) is 1.67. The summed E-state index contributed by atoms with van der Waals surface area (Å²) in [6, 6.07) is 22.0. The maximum absolute atomic E-state index is 13.3. The number of aliphatic hydroxyl groups is 1. The number of anilines is 1. The van der Waals surface area contributed by atoms with Gasteiger partial charge in [-0.05, 0) is 37.6 Å². The molecule has 1 aliphatic rings. The van der Waals surface area contributed by atoms with Crippen LogP contribution in [0.5, 0.6) is 0 Å². The third-order valence-corrected chi connectivity index (χ3v) is 5.96. The molecule has 0 spiro atoms. The van der Waals surface area contributed by atoms with Crippen molar-refractivity contribution in [3.05, 3.63) is 107 Å². The number of ketones is 1. The van der Waals surface area contributed by atoms with Crippen LogP contribution in [-0.2, 0) is 9.59 Å². The van der Waals surface area contributed by atoms with Crippen molar-refractivity contribution >= 4 is 34.0 Å². The number of aromatic nitrogens is 1. The molecule has 1 unspecified atom stereocenters. The number of benzene rings is 3. The van der Waals surface area contributed by atoms with Crippen LogP contribution in [-0.4, -0.2) is 21.8 Å². The number of fused-ring (bicyclic) bond motifs is 1. The molecule has 5 heteroatoms. The first-order valence-corrected chi connectivity index (χ1v) is 10.5. The van der Waals surface area contributed by atoms with E-state index in [2.05, 4.69) is 4.98 Å². The summed E-state index contributed by atoms with van der Waals surface area (Å²) in [4.78, 5) is 31.1. The molecule has 5 nitrogen and oxygen atoms in total. The van der Waals surface area contributed by atoms with Crippen molar-refractivity contribution in [2.75, 3.05) is 4.90 Å². The third-order valence-electron chi connectivity index (χ3n) is 5.96. The molecule has 1 atom stereocenters. The van der Waals surface area contributed by atoms with Crippen molar-refractivity contribution in [3.8, 4) is 0 Å². The molecule has 1 amide bonds. The number of amides is 1. The molecule has 2 N–H and O–H groups in total. The molecular formula is C27H22N2O3. The fourth-order valence-electron chi connectivity index (χ4n) is 4.37. The lowest BCUT2D eigenvalue weighted by molar-refractivity contribution is -0.132. The van der Waals surface area contributed by atoms with Gasteiger partial charge in [-0.15, -0.1) is 0 Å². The third kappa shape index (κ3) is 3.10. The predicted octanol–water partition coefficient (Wildman–Crippen LogP) is 5.41. The highest BCUT2D eigenvalue weighted by atomic mass is 16.3.